The van der Waals surface area contributed by atoms with Gasteiger partial charge in [0.2, 0.25) is 0 Å². The lowest BCUT2D eigenvalue weighted by Gasteiger charge is -2.09. The van der Waals surface area contributed by atoms with Crippen molar-refractivity contribution in [3.05, 3.63) is 53.1 Å². The van der Waals surface area contributed by atoms with E-state index in [-0.39, 0.29) is 12.5 Å². The number of benzene rings is 1. The Labute approximate surface area is 96.1 Å². The second-order valence-corrected chi connectivity index (χ2v) is 3.79. The first-order valence-electron chi connectivity index (χ1n) is 5.36. The summed E-state index contributed by atoms with van der Waals surface area (Å²) in [6.07, 6.45) is 9.17. The Morgan fingerprint density at radius 2 is 2.19 bits per heavy atom. The number of aliphatic hydroxyl groups excluding tert-OH is 1. The molecule has 0 saturated carbocycles. The molecule has 0 aromatic heterocycles. The van der Waals surface area contributed by atoms with E-state index < -0.39 is 0 Å². The summed E-state index contributed by atoms with van der Waals surface area (Å²) in [6, 6.07) is 8.10. The molecule has 2 rings (SSSR count). The average Bonchev–Trinajstić information content (AvgIpc) is 2.63. The average molecular weight is 210 g/mol. The smallest absolute Gasteiger partial charge is 0.0540 e. The van der Waals surface area contributed by atoms with Crippen molar-refractivity contribution >= 4 is 5.57 Å². The van der Waals surface area contributed by atoms with Crippen LogP contribution in [0, 0.1) is 12.3 Å². The minimum atomic E-state index is 0.0702. The fraction of sp³-hybridized carbons (Fsp3) is 0.200. The van der Waals surface area contributed by atoms with Crippen LogP contribution in [0.3, 0.4) is 0 Å². The van der Waals surface area contributed by atoms with Gasteiger partial charge >= 0.3 is 0 Å². The molecule has 1 aromatic rings. The molecule has 1 aliphatic carbocycles. The summed E-state index contributed by atoms with van der Waals surface area (Å²) >= 11 is 0. The number of aliphatic hydroxyl groups is 1. The molecule has 16 heavy (non-hydrogen) atoms. The van der Waals surface area contributed by atoms with Gasteiger partial charge in [-0.25, -0.2) is 0 Å². The number of fused-ring (bicyclic) bond motifs is 1. The van der Waals surface area contributed by atoms with Crippen molar-refractivity contribution in [3.8, 4) is 12.3 Å². The molecule has 1 aliphatic rings. The Balaban J connectivity index is 2.66. The van der Waals surface area contributed by atoms with E-state index in [4.69, 9.17) is 6.42 Å². The third-order valence-electron chi connectivity index (χ3n) is 3.03. The Bertz CT molecular complexity index is 500. The second-order valence-electron chi connectivity index (χ2n) is 3.79. The molecule has 1 unspecified atom stereocenters. The summed E-state index contributed by atoms with van der Waals surface area (Å²) in [6.45, 7) is 2.10. The highest BCUT2D eigenvalue weighted by atomic mass is 16.3. The van der Waals surface area contributed by atoms with E-state index in [1.165, 1.54) is 5.56 Å². The maximum Gasteiger partial charge on any atom is 0.0540 e. The zero-order valence-electron chi connectivity index (χ0n) is 9.27. The molecule has 1 N–H and O–H groups in total. The van der Waals surface area contributed by atoms with Crippen molar-refractivity contribution in [2.45, 2.75) is 12.8 Å². The van der Waals surface area contributed by atoms with Crippen LogP contribution in [0.4, 0.5) is 0 Å². The fourth-order valence-corrected chi connectivity index (χ4v) is 2.35. The molecule has 0 amide bonds. The Morgan fingerprint density at radius 3 is 2.81 bits per heavy atom. The molecule has 80 valence electrons. The van der Waals surface area contributed by atoms with E-state index in [0.717, 1.165) is 16.7 Å². The van der Waals surface area contributed by atoms with Gasteiger partial charge in [-0.05, 0) is 35.3 Å². The van der Waals surface area contributed by atoms with Gasteiger partial charge in [0.25, 0.3) is 0 Å². The van der Waals surface area contributed by atoms with Gasteiger partial charge in [0.15, 0.2) is 0 Å². The molecule has 0 heterocycles. The second kappa shape index (κ2) is 4.38. The summed E-state index contributed by atoms with van der Waals surface area (Å²) < 4.78 is 0. The van der Waals surface area contributed by atoms with E-state index in [1.54, 1.807) is 6.08 Å². The third kappa shape index (κ3) is 1.48. The van der Waals surface area contributed by atoms with Gasteiger partial charge in [-0.1, -0.05) is 36.3 Å². The van der Waals surface area contributed by atoms with Gasteiger partial charge in [0.05, 0.1) is 6.61 Å². The number of rotatable bonds is 1. The summed E-state index contributed by atoms with van der Waals surface area (Å²) in [7, 11) is 0. The lowest BCUT2D eigenvalue weighted by atomic mass is 9.98. The standard InChI is InChI=1S/C15H14O/c1-3-7-12-11(4-2)15(10-16)14-9-6-5-8-13(12)14/h1,4-9,15-16H,10H2,2H3/b11-4+,12-7+. The summed E-state index contributed by atoms with van der Waals surface area (Å²) in [5.41, 5.74) is 4.51. The minimum absolute atomic E-state index is 0.0702. The summed E-state index contributed by atoms with van der Waals surface area (Å²) in [5, 5.41) is 9.48. The predicted molar refractivity (Wildman–Crippen MR) is 66.8 cm³/mol. The van der Waals surface area contributed by atoms with Crippen LogP contribution in [0.15, 0.2) is 42.0 Å². The van der Waals surface area contributed by atoms with Crippen LogP contribution in [0.25, 0.3) is 5.57 Å². The van der Waals surface area contributed by atoms with Crippen molar-refractivity contribution < 1.29 is 5.11 Å². The monoisotopic (exact) mass is 210 g/mol. The molecular weight excluding hydrogens is 196 g/mol. The van der Waals surface area contributed by atoms with Crippen LogP contribution in [-0.4, -0.2) is 11.7 Å². The number of allylic oxidation sites excluding steroid dienone is 3. The van der Waals surface area contributed by atoms with E-state index >= 15 is 0 Å². The van der Waals surface area contributed by atoms with Crippen molar-refractivity contribution in [3.63, 3.8) is 0 Å². The molecule has 1 atom stereocenters. The van der Waals surface area contributed by atoms with Gasteiger partial charge in [-0.3, -0.25) is 0 Å². The Morgan fingerprint density at radius 1 is 1.44 bits per heavy atom. The zero-order chi connectivity index (χ0) is 11.5. The molecule has 1 nitrogen and oxygen atoms in total. The van der Waals surface area contributed by atoms with Crippen LogP contribution in [0.1, 0.15) is 24.0 Å². The Kier molecular flexibility index (Phi) is 2.94. The molecule has 1 aromatic carbocycles. The fourth-order valence-electron chi connectivity index (χ4n) is 2.35. The summed E-state index contributed by atoms with van der Waals surface area (Å²) in [4.78, 5) is 0. The van der Waals surface area contributed by atoms with Crippen LogP contribution >= 0.6 is 0 Å². The van der Waals surface area contributed by atoms with Crippen molar-refractivity contribution in [1.82, 2.24) is 0 Å². The lowest BCUT2D eigenvalue weighted by molar-refractivity contribution is 0.282. The summed E-state index contributed by atoms with van der Waals surface area (Å²) in [5.74, 6) is 2.65. The van der Waals surface area contributed by atoms with E-state index in [0.29, 0.717) is 0 Å². The largest absolute Gasteiger partial charge is 0.395 e. The molecule has 0 radical (unpaired) electrons. The highest BCUT2D eigenvalue weighted by Crippen LogP contribution is 2.44. The quantitative estimate of drug-likeness (QED) is 0.707. The van der Waals surface area contributed by atoms with Gasteiger partial charge < -0.3 is 5.11 Å². The number of hydrogen-bond acceptors (Lipinski definition) is 1. The first-order chi connectivity index (χ1) is 7.83. The molecular formula is C15H14O. The third-order valence-corrected chi connectivity index (χ3v) is 3.03. The first kappa shape index (κ1) is 10.7. The SMILES string of the molecule is C#C/C=C1\C(=C/C)C(CO)c2ccccc21. The van der Waals surface area contributed by atoms with Crippen LogP contribution in [0.5, 0.6) is 0 Å². The maximum atomic E-state index is 9.48. The van der Waals surface area contributed by atoms with Crippen LogP contribution < -0.4 is 0 Å². The highest BCUT2D eigenvalue weighted by Gasteiger charge is 2.29. The maximum absolute atomic E-state index is 9.48. The van der Waals surface area contributed by atoms with Gasteiger partial charge in [-0.15, -0.1) is 6.42 Å². The van der Waals surface area contributed by atoms with E-state index in [9.17, 15) is 5.11 Å². The zero-order valence-corrected chi connectivity index (χ0v) is 9.27. The minimum Gasteiger partial charge on any atom is -0.395 e. The van der Waals surface area contributed by atoms with Gasteiger partial charge in [-0.2, -0.15) is 0 Å². The molecule has 0 spiro atoms. The van der Waals surface area contributed by atoms with Crippen molar-refractivity contribution in [2.24, 2.45) is 0 Å². The van der Waals surface area contributed by atoms with Crippen LogP contribution in [0.2, 0.25) is 0 Å². The molecule has 0 saturated heterocycles. The van der Waals surface area contributed by atoms with Crippen molar-refractivity contribution in [1.29, 1.82) is 0 Å². The van der Waals surface area contributed by atoms with Gasteiger partial charge in [0.1, 0.15) is 0 Å². The Hall–Kier alpha value is -1.78. The van der Waals surface area contributed by atoms with E-state index in [1.807, 2.05) is 25.1 Å². The normalized spacial score (nSPS) is 23.4. The topological polar surface area (TPSA) is 20.2 Å². The molecule has 0 bridgehead atoms. The molecule has 0 fully saturated rings. The van der Waals surface area contributed by atoms with Crippen LogP contribution in [-0.2, 0) is 0 Å². The van der Waals surface area contributed by atoms with Crippen molar-refractivity contribution in [2.75, 3.05) is 6.61 Å². The number of hydrogen-bond donors (Lipinski definition) is 1. The number of terminal acetylenes is 1. The highest BCUT2D eigenvalue weighted by molar-refractivity contribution is 5.89. The van der Waals surface area contributed by atoms with E-state index in [2.05, 4.69) is 18.1 Å². The van der Waals surface area contributed by atoms with Gasteiger partial charge in [0, 0.05) is 5.92 Å². The molecule has 1 heteroatoms. The lowest BCUT2D eigenvalue weighted by Crippen LogP contribution is -2.01. The molecule has 0 aliphatic heterocycles. The first-order valence-corrected chi connectivity index (χ1v) is 5.36. The predicted octanol–water partition coefficient (Wildman–Crippen LogP) is 2.74.